The molecule has 25 heavy (non-hydrogen) atoms. The Kier molecular flexibility index (Phi) is 4.88. The first kappa shape index (κ1) is 17.2. The summed E-state index contributed by atoms with van der Waals surface area (Å²) in [6, 6.07) is 6.00. The molecule has 1 aliphatic rings. The number of carbonyl (C=O) groups excluding carboxylic acids is 1. The molecule has 0 spiro atoms. The number of hydrogen-bond donors (Lipinski definition) is 2. The average molecular weight is 344 g/mol. The van der Waals surface area contributed by atoms with Crippen molar-refractivity contribution < 1.29 is 13.9 Å². The minimum absolute atomic E-state index is 0.0351. The lowest BCUT2D eigenvalue weighted by atomic mass is 9.96. The van der Waals surface area contributed by atoms with E-state index >= 15 is 0 Å². The van der Waals surface area contributed by atoms with Crippen LogP contribution in [0.5, 0.6) is 5.75 Å². The monoisotopic (exact) mass is 344 g/mol. The number of aromatic amines is 1. The molecular formula is C19H21FN2O3. The SMILES string of the molecule is Cc1cc(C)c(CNC(=O)c2cc(OC3CCC3)ccc2F)c(=O)[nH]1. The van der Waals surface area contributed by atoms with Crippen molar-refractivity contribution in [1.29, 1.82) is 0 Å². The van der Waals surface area contributed by atoms with Crippen molar-refractivity contribution in [1.82, 2.24) is 10.3 Å². The molecule has 1 saturated carbocycles. The fraction of sp³-hybridized carbons (Fsp3) is 0.368. The number of rotatable bonds is 5. The van der Waals surface area contributed by atoms with Crippen LogP contribution in [-0.4, -0.2) is 17.0 Å². The molecule has 1 fully saturated rings. The molecule has 6 heteroatoms. The van der Waals surface area contributed by atoms with Gasteiger partial charge in [-0.15, -0.1) is 0 Å². The summed E-state index contributed by atoms with van der Waals surface area (Å²) in [4.78, 5) is 27.0. The lowest BCUT2D eigenvalue weighted by Crippen LogP contribution is -2.29. The highest BCUT2D eigenvalue weighted by Crippen LogP contribution is 2.26. The van der Waals surface area contributed by atoms with Crippen LogP contribution >= 0.6 is 0 Å². The van der Waals surface area contributed by atoms with Gasteiger partial charge in [0.1, 0.15) is 11.6 Å². The van der Waals surface area contributed by atoms with Crippen LogP contribution < -0.4 is 15.6 Å². The summed E-state index contributed by atoms with van der Waals surface area (Å²) in [7, 11) is 0. The second-order valence-corrected chi connectivity index (χ2v) is 6.44. The highest BCUT2D eigenvalue weighted by Gasteiger charge is 2.20. The first-order valence-electron chi connectivity index (χ1n) is 8.38. The molecule has 5 nitrogen and oxygen atoms in total. The zero-order valence-electron chi connectivity index (χ0n) is 14.3. The Hall–Kier alpha value is -2.63. The Labute approximate surface area is 145 Å². The summed E-state index contributed by atoms with van der Waals surface area (Å²) in [5.41, 5.74) is 1.66. The number of aryl methyl sites for hydroxylation is 2. The Bertz CT molecular complexity index is 856. The number of benzene rings is 1. The number of pyridine rings is 1. The van der Waals surface area contributed by atoms with E-state index in [4.69, 9.17) is 4.74 Å². The van der Waals surface area contributed by atoms with Crippen LogP contribution in [0, 0.1) is 19.7 Å². The van der Waals surface area contributed by atoms with E-state index in [1.165, 1.54) is 18.2 Å². The molecule has 2 N–H and O–H groups in total. The van der Waals surface area contributed by atoms with Gasteiger partial charge >= 0.3 is 0 Å². The van der Waals surface area contributed by atoms with Crippen molar-refractivity contribution in [2.45, 2.75) is 45.8 Å². The third-order valence-electron chi connectivity index (χ3n) is 4.46. The number of nitrogens with one attached hydrogen (secondary N) is 2. The minimum Gasteiger partial charge on any atom is -0.490 e. The number of H-pyrrole nitrogens is 1. The Morgan fingerprint density at radius 3 is 2.72 bits per heavy atom. The predicted octanol–water partition coefficient (Wildman–Crippen LogP) is 2.99. The molecule has 0 radical (unpaired) electrons. The quantitative estimate of drug-likeness (QED) is 0.876. The molecule has 0 unspecified atom stereocenters. The second-order valence-electron chi connectivity index (χ2n) is 6.44. The van der Waals surface area contributed by atoms with Crippen LogP contribution in [0.15, 0.2) is 29.1 Å². The number of halogens is 1. The molecule has 0 bridgehead atoms. The van der Waals surface area contributed by atoms with Gasteiger partial charge in [-0.2, -0.15) is 0 Å². The maximum atomic E-state index is 14.0. The van der Waals surface area contributed by atoms with Crippen molar-refractivity contribution in [3.05, 3.63) is 62.8 Å². The van der Waals surface area contributed by atoms with Gasteiger partial charge in [0.05, 0.1) is 11.7 Å². The molecule has 0 atom stereocenters. The van der Waals surface area contributed by atoms with Gasteiger partial charge < -0.3 is 15.0 Å². The van der Waals surface area contributed by atoms with Crippen molar-refractivity contribution in [2.24, 2.45) is 0 Å². The molecule has 0 saturated heterocycles. The minimum atomic E-state index is -0.618. The van der Waals surface area contributed by atoms with E-state index in [-0.39, 0.29) is 23.8 Å². The van der Waals surface area contributed by atoms with E-state index in [0.717, 1.165) is 30.5 Å². The Balaban J connectivity index is 1.72. The van der Waals surface area contributed by atoms with E-state index in [2.05, 4.69) is 10.3 Å². The van der Waals surface area contributed by atoms with Gasteiger partial charge in [0, 0.05) is 17.8 Å². The third-order valence-corrected chi connectivity index (χ3v) is 4.46. The van der Waals surface area contributed by atoms with Gasteiger partial charge in [0.25, 0.3) is 11.5 Å². The van der Waals surface area contributed by atoms with Gasteiger partial charge in [-0.05, 0) is 62.9 Å². The fourth-order valence-corrected chi connectivity index (χ4v) is 2.80. The van der Waals surface area contributed by atoms with Gasteiger partial charge in [-0.3, -0.25) is 9.59 Å². The summed E-state index contributed by atoms with van der Waals surface area (Å²) in [6.45, 7) is 3.63. The lowest BCUT2D eigenvalue weighted by molar-refractivity contribution is 0.0943. The van der Waals surface area contributed by atoms with E-state index in [0.29, 0.717) is 11.3 Å². The third kappa shape index (κ3) is 3.90. The van der Waals surface area contributed by atoms with E-state index in [9.17, 15) is 14.0 Å². The summed E-state index contributed by atoms with van der Waals surface area (Å²) < 4.78 is 19.7. The van der Waals surface area contributed by atoms with Crippen molar-refractivity contribution in [2.75, 3.05) is 0 Å². The van der Waals surface area contributed by atoms with Gasteiger partial charge in [-0.25, -0.2) is 4.39 Å². The number of amides is 1. The Morgan fingerprint density at radius 1 is 1.32 bits per heavy atom. The van der Waals surface area contributed by atoms with Gasteiger partial charge in [0.15, 0.2) is 0 Å². The summed E-state index contributed by atoms with van der Waals surface area (Å²) in [5, 5.41) is 2.61. The molecular weight excluding hydrogens is 323 g/mol. The average Bonchev–Trinajstić information content (AvgIpc) is 2.51. The normalized spacial score (nSPS) is 14.0. The summed E-state index contributed by atoms with van der Waals surface area (Å²) in [5.74, 6) is -0.704. The maximum Gasteiger partial charge on any atom is 0.254 e. The number of ether oxygens (including phenoxy) is 1. The molecule has 1 amide bonds. The van der Waals surface area contributed by atoms with Crippen LogP contribution in [0.25, 0.3) is 0 Å². The van der Waals surface area contributed by atoms with Crippen LogP contribution in [0.3, 0.4) is 0 Å². The topological polar surface area (TPSA) is 71.2 Å². The first-order chi connectivity index (χ1) is 11.9. The van der Waals surface area contributed by atoms with E-state index in [1.54, 1.807) is 13.8 Å². The van der Waals surface area contributed by atoms with Gasteiger partial charge in [0.2, 0.25) is 0 Å². The molecule has 2 aromatic rings. The smallest absolute Gasteiger partial charge is 0.254 e. The highest BCUT2D eigenvalue weighted by molar-refractivity contribution is 5.94. The summed E-state index contributed by atoms with van der Waals surface area (Å²) in [6.07, 6.45) is 3.24. The number of carbonyl (C=O) groups is 1. The van der Waals surface area contributed by atoms with Crippen molar-refractivity contribution in [3.63, 3.8) is 0 Å². The fourth-order valence-electron chi connectivity index (χ4n) is 2.80. The lowest BCUT2D eigenvalue weighted by Gasteiger charge is -2.26. The Morgan fingerprint density at radius 2 is 2.08 bits per heavy atom. The molecule has 132 valence electrons. The molecule has 1 aliphatic carbocycles. The molecule has 3 rings (SSSR count). The second kappa shape index (κ2) is 7.09. The standard InChI is InChI=1S/C19H21FN2O3/c1-11-8-12(2)22-19(24)16(11)10-21-18(23)15-9-14(6-7-17(15)20)25-13-4-3-5-13/h6-9,13H,3-5,10H2,1-2H3,(H,21,23)(H,22,24). The summed E-state index contributed by atoms with van der Waals surface area (Å²) >= 11 is 0. The van der Waals surface area contributed by atoms with Crippen LogP contribution in [0.2, 0.25) is 0 Å². The molecule has 1 heterocycles. The molecule has 1 aromatic carbocycles. The van der Waals surface area contributed by atoms with Gasteiger partial charge in [-0.1, -0.05) is 0 Å². The first-order valence-corrected chi connectivity index (χ1v) is 8.38. The van der Waals surface area contributed by atoms with E-state index in [1.807, 2.05) is 6.07 Å². The van der Waals surface area contributed by atoms with Crippen LogP contribution in [0.1, 0.15) is 46.4 Å². The largest absolute Gasteiger partial charge is 0.490 e. The zero-order valence-corrected chi connectivity index (χ0v) is 14.3. The van der Waals surface area contributed by atoms with Crippen molar-refractivity contribution >= 4 is 5.91 Å². The molecule has 1 aromatic heterocycles. The number of aromatic nitrogens is 1. The van der Waals surface area contributed by atoms with Crippen LogP contribution in [-0.2, 0) is 6.54 Å². The highest BCUT2D eigenvalue weighted by atomic mass is 19.1. The predicted molar refractivity (Wildman–Crippen MR) is 92.4 cm³/mol. The zero-order chi connectivity index (χ0) is 18.0. The number of hydrogen-bond acceptors (Lipinski definition) is 3. The molecule has 0 aliphatic heterocycles. The van der Waals surface area contributed by atoms with Crippen LogP contribution in [0.4, 0.5) is 4.39 Å². The van der Waals surface area contributed by atoms with E-state index < -0.39 is 11.7 Å². The van der Waals surface area contributed by atoms with Crippen molar-refractivity contribution in [3.8, 4) is 5.75 Å². The maximum absolute atomic E-state index is 14.0.